The molecule has 0 aliphatic carbocycles. The molecule has 58 valence electrons. The smallest absolute Gasteiger partial charge is 0.0520 e. The van der Waals surface area contributed by atoms with Crippen LogP contribution in [0.5, 0.6) is 0 Å². The largest absolute Gasteiger partial charge is 0.188 e. The van der Waals surface area contributed by atoms with E-state index in [9.17, 15) is 0 Å². The van der Waals surface area contributed by atoms with Gasteiger partial charge in [0, 0.05) is 13.2 Å². The SMILES string of the molecule is Cc1ccccnn(C)nc1. The maximum absolute atomic E-state index is 4.03. The molecular formula is C8H11N3. The maximum Gasteiger partial charge on any atom is 0.0520 e. The van der Waals surface area contributed by atoms with Gasteiger partial charge in [0.25, 0.3) is 0 Å². The lowest BCUT2D eigenvalue weighted by Crippen LogP contribution is -1.95. The second-order valence-corrected chi connectivity index (χ2v) is 2.29. The van der Waals surface area contributed by atoms with Crippen LogP contribution in [0, 0.1) is 6.92 Å². The van der Waals surface area contributed by atoms with E-state index in [1.165, 1.54) is 4.80 Å². The lowest BCUT2D eigenvalue weighted by atomic mass is 10.3. The van der Waals surface area contributed by atoms with Gasteiger partial charge >= 0.3 is 0 Å². The molecular weight excluding hydrogens is 138 g/mol. The summed E-state index contributed by atoms with van der Waals surface area (Å²) in [5.41, 5.74) is 1.11. The summed E-state index contributed by atoms with van der Waals surface area (Å²) in [5.74, 6) is 0. The number of hydrogen-bond donors (Lipinski definition) is 0. The summed E-state index contributed by atoms with van der Waals surface area (Å²) in [5, 5.41) is 8.00. The Labute approximate surface area is 66.0 Å². The Balaban J connectivity index is 3.23. The highest BCUT2D eigenvalue weighted by atomic mass is 15.4. The number of hydrogen-bond acceptors (Lipinski definition) is 2. The molecule has 3 heteroatoms. The van der Waals surface area contributed by atoms with Crippen LogP contribution >= 0.6 is 0 Å². The summed E-state index contributed by atoms with van der Waals surface area (Å²) in [7, 11) is 1.79. The van der Waals surface area contributed by atoms with Crippen LogP contribution in [0.25, 0.3) is 0 Å². The predicted octanol–water partition coefficient (Wildman–Crippen LogP) is 1.25. The molecule has 0 saturated carbocycles. The Kier molecular flexibility index (Phi) is 2.60. The Morgan fingerprint density at radius 1 is 1.27 bits per heavy atom. The van der Waals surface area contributed by atoms with E-state index in [1.54, 1.807) is 19.4 Å². The van der Waals surface area contributed by atoms with E-state index < -0.39 is 0 Å². The molecule has 1 heterocycles. The van der Waals surface area contributed by atoms with Crippen molar-refractivity contribution in [3.63, 3.8) is 0 Å². The molecule has 0 unspecified atom stereocenters. The van der Waals surface area contributed by atoms with E-state index in [1.807, 2.05) is 25.1 Å². The molecule has 0 atom stereocenters. The number of aromatic nitrogens is 3. The van der Waals surface area contributed by atoms with Crippen molar-refractivity contribution in [1.29, 1.82) is 0 Å². The Bertz CT molecular complexity index is 250. The highest BCUT2D eigenvalue weighted by molar-refractivity contribution is 5.02. The van der Waals surface area contributed by atoms with Crippen molar-refractivity contribution >= 4 is 0 Å². The van der Waals surface area contributed by atoms with Crippen LogP contribution in [-0.2, 0) is 7.05 Å². The van der Waals surface area contributed by atoms with Crippen molar-refractivity contribution in [2.45, 2.75) is 6.92 Å². The minimum Gasteiger partial charge on any atom is -0.188 e. The Hall–Kier alpha value is -1.38. The molecule has 11 heavy (non-hydrogen) atoms. The van der Waals surface area contributed by atoms with Gasteiger partial charge in [-0.25, -0.2) is 0 Å². The zero-order valence-electron chi connectivity index (χ0n) is 6.73. The second-order valence-electron chi connectivity index (χ2n) is 2.29. The first-order valence-corrected chi connectivity index (χ1v) is 3.44. The molecule has 0 aromatic carbocycles. The second kappa shape index (κ2) is 3.71. The van der Waals surface area contributed by atoms with Crippen LogP contribution in [0.15, 0.2) is 30.6 Å². The standard InChI is InChI=1S/C8H11N3/c1-8-5-3-4-6-9-11(2)10-7-8/h3-7H,1-2H3. The minimum absolute atomic E-state index is 1.11. The van der Waals surface area contributed by atoms with Gasteiger partial charge in [-0.3, -0.25) is 0 Å². The summed E-state index contributed by atoms with van der Waals surface area (Å²) < 4.78 is 0. The van der Waals surface area contributed by atoms with Gasteiger partial charge in [0.2, 0.25) is 0 Å². The van der Waals surface area contributed by atoms with Gasteiger partial charge in [0.1, 0.15) is 0 Å². The maximum atomic E-state index is 4.03. The minimum atomic E-state index is 1.11. The van der Waals surface area contributed by atoms with Crippen LogP contribution in [0.1, 0.15) is 5.56 Å². The average Bonchev–Trinajstić information content (AvgIpc) is 2.06. The third kappa shape index (κ3) is 2.80. The van der Waals surface area contributed by atoms with Crippen LogP contribution < -0.4 is 0 Å². The Morgan fingerprint density at radius 2 is 2.09 bits per heavy atom. The average molecular weight is 149 g/mol. The molecule has 0 aliphatic heterocycles. The van der Waals surface area contributed by atoms with Crippen LogP contribution in [0.2, 0.25) is 0 Å². The van der Waals surface area contributed by atoms with Gasteiger partial charge in [-0.05, 0) is 18.6 Å². The summed E-state index contributed by atoms with van der Waals surface area (Å²) in [4.78, 5) is 1.52. The predicted molar refractivity (Wildman–Crippen MR) is 43.4 cm³/mol. The molecule has 0 amide bonds. The molecule has 1 aromatic heterocycles. The van der Waals surface area contributed by atoms with Crippen LogP contribution in [-0.4, -0.2) is 15.0 Å². The van der Waals surface area contributed by atoms with Crippen molar-refractivity contribution in [3.8, 4) is 0 Å². The zero-order chi connectivity index (χ0) is 8.10. The third-order valence-corrected chi connectivity index (χ3v) is 1.22. The van der Waals surface area contributed by atoms with Gasteiger partial charge in [-0.2, -0.15) is 15.0 Å². The van der Waals surface area contributed by atoms with Gasteiger partial charge in [-0.1, -0.05) is 12.1 Å². The van der Waals surface area contributed by atoms with Crippen molar-refractivity contribution in [2.24, 2.45) is 7.05 Å². The number of aryl methyl sites for hydroxylation is 2. The molecule has 0 aliphatic rings. The van der Waals surface area contributed by atoms with Gasteiger partial charge in [0.05, 0.1) is 6.20 Å². The molecule has 3 nitrogen and oxygen atoms in total. The molecule has 0 N–H and O–H groups in total. The molecule has 1 rings (SSSR count). The highest BCUT2D eigenvalue weighted by Crippen LogP contribution is 1.86. The van der Waals surface area contributed by atoms with E-state index in [2.05, 4.69) is 10.2 Å². The highest BCUT2D eigenvalue weighted by Gasteiger charge is 1.75. The molecule has 0 fully saturated rings. The fourth-order valence-electron chi connectivity index (χ4n) is 0.639. The van der Waals surface area contributed by atoms with E-state index >= 15 is 0 Å². The summed E-state index contributed by atoms with van der Waals surface area (Å²) in [6.45, 7) is 1.99. The normalized spacial score (nSPS) is 8.91. The lowest BCUT2D eigenvalue weighted by molar-refractivity contribution is 0.624. The lowest BCUT2D eigenvalue weighted by Gasteiger charge is -1.85. The summed E-state index contributed by atoms with van der Waals surface area (Å²) in [6.07, 6.45) is 3.47. The van der Waals surface area contributed by atoms with Crippen molar-refractivity contribution in [1.82, 2.24) is 15.0 Å². The van der Waals surface area contributed by atoms with E-state index in [0.29, 0.717) is 0 Å². The number of nitrogens with zero attached hydrogens (tertiary/aromatic N) is 3. The van der Waals surface area contributed by atoms with Crippen LogP contribution in [0.3, 0.4) is 0 Å². The summed E-state index contributed by atoms with van der Waals surface area (Å²) >= 11 is 0. The summed E-state index contributed by atoms with van der Waals surface area (Å²) in [6, 6.07) is 5.79. The molecule has 0 saturated heterocycles. The third-order valence-electron chi connectivity index (χ3n) is 1.22. The van der Waals surface area contributed by atoms with E-state index in [-0.39, 0.29) is 0 Å². The number of rotatable bonds is 0. The quantitative estimate of drug-likeness (QED) is 0.555. The first-order valence-electron chi connectivity index (χ1n) is 3.44. The van der Waals surface area contributed by atoms with E-state index in [4.69, 9.17) is 0 Å². The van der Waals surface area contributed by atoms with Crippen molar-refractivity contribution in [3.05, 3.63) is 36.2 Å². The van der Waals surface area contributed by atoms with Crippen molar-refractivity contribution in [2.75, 3.05) is 0 Å². The fourth-order valence-corrected chi connectivity index (χ4v) is 0.639. The molecule has 0 bridgehead atoms. The zero-order valence-corrected chi connectivity index (χ0v) is 6.73. The molecule has 0 spiro atoms. The van der Waals surface area contributed by atoms with Gasteiger partial charge in [0.15, 0.2) is 0 Å². The van der Waals surface area contributed by atoms with E-state index in [0.717, 1.165) is 5.56 Å². The monoisotopic (exact) mass is 149 g/mol. The first-order chi connectivity index (χ1) is 5.29. The van der Waals surface area contributed by atoms with Gasteiger partial charge in [-0.15, -0.1) is 0 Å². The topological polar surface area (TPSA) is 30.7 Å². The molecule has 0 radical (unpaired) electrons. The van der Waals surface area contributed by atoms with Crippen molar-refractivity contribution < 1.29 is 0 Å². The Morgan fingerprint density at radius 3 is 2.91 bits per heavy atom. The molecule has 1 aromatic rings. The van der Waals surface area contributed by atoms with Crippen LogP contribution in [0.4, 0.5) is 0 Å². The first kappa shape index (κ1) is 7.72. The van der Waals surface area contributed by atoms with Gasteiger partial charge < -0.3 is 0 Å². The fraction of sp³-hybridized carbons (Fsp3) is 0.250.